The van der Waals surface area contributed by atoms with Crippen LogP contribution >= 0.6 is 0 Å². The molecule has 1 fully saturated rings. The molecule has 0 radical (unpaired) electrons. The standard InChI is InChI=1S/C27H27NO3/c1-29-25-16-22-21-10-6-7-11-24(21)28-27(23(22)17-26(25)30-2)18-12-14-20(15-13-18)31-19-8-4-3-5-9-19/h3-5,8-9,12-17,21,24H,6-7,10-11H2,1-2H3. The summed E-state index contributed by atoms with van der Waals surface area (Å²) < 4.78 is 17.2. The molecular weight excluding hydrogens is 386 g/mol. The number of hydrogen-bond donors (Lipinski definition) is 0. The number of benzene rings is 3. The smallest absolute Gasteiger partial charge is 0.161 e. The molecule has 3 aromatic carbocycles. The van der Waals surface area contributed by atoms with Crippen LogP contribution in [0.15, 0.2) is 71.7 Å². The molecule has 1 saturated carbocycles. The Labute approximate surface area is 183 Å². The van der Waals surface area contributed by atoms with Crippen LogP contribution in [0.5, 0.6) is 23.0 Å². The lowest BCUT2D eigenvalue weighted by atomic mass is 9.75. The topological polar surface area (TPSA) is 40.0 Å². The monoisotopic (exact) mass is 413 g/mol. The molecule has 1 aliphatic heterocycles. The summed E-state index contributed by atoms with van der Waals surface area (Å²) >= 11 is 0. The maximum atomic E-state index is 5.97. The minimum Gasteiger partial charge on any atom is -0.493 e. The molecule has 158 valence electrons. The second-order valence-electron chi connectivity index (χ2n) is 8.17. The molecule has 5 rings (SSSR count). The average molecular weight is 414 g/mol. The van der Waals surface area contributed by atoms with E-state index in [1.807, 2.05) is 42.5 Å². The molecule has 0 saturated heterocycles. The first kappa shape index (κ1) is 19.7. The first-order valence-corrected chi connectivity index (χ1v) is 10.9. The summed E-state index contributed by atoms with van der Waals surface area (Å²) in [5, 5.41) is 0. The van der Waals surface area contributed by atoms with Crippen molar-refractivity contribution in [3.8, 4) is 23.0 Å². The van der Waals surface area contributed by atoms with Gasteiger partial charge in [-0.05, 0) is 66.9 Å². The zero-order chi connectivity index (χ0) is 21.2. The van der Waals surface area contributed by atoms with Crippen LogP contribution in [0.3, 0.4) is 0 Å². The second kappa shape index (κ2) is 8.46. The van der Waals surface area contributed by atoms with E-state index in [-0.39, 0.29) is 0 Å². The van der Waals surface area contributed by atoms with Gasteiger partial charge in [0.2, 0.25) is 0 Å². The van der Waals surface area contributed by atoms with Gasteiger partial charge in [-0.1, -0.05) is 31.0 Å². The van der Waals surface area contributed by atoms with Crippen molar-refractivity contribution in [3.63, 3.8) is 0 Å². The number of hydrogen-bond acceptors (Lipinski definition) is 4. The Kier molecular flexibility index (Phi) is 5.37. The Bertz CT molecular complexity index is 1090. The predicted molar refractivity (Wildman–Crippen MR) is 123 cm³/mol. The lowest BCUT2D eigenvalue weighted by Crippen LogP contribution is -2.29. The van der Waals surface area contributed by atoms with Crippen molar-refractivity contribution in [2.24, 2.45) is 4.99 Å². The van der Waals surface area contributed by atoms with Crippen LogP contribution in [0.4, 0.5) is 0 Å². The third kappa shape index (κ3) is 3.78. The number of fused-ring (bicyclic) bond motifs is 3. The van der Waals surface area contributed by atoms with Crippen molar-refractivity contribution in [2.45, 2.75) is 37.6 Å². The van der Waals surface area contributed by atoms with Gasteiger partial charge < -0.3 is 14.2 Å². The van der Waals surface area contributed by atoms with E-state index >= 15 is 0 Å². The molecular formula is C27H27NO3. The molecule has 0 N–H and O–H groups in total. The van der Waals surface area contributed by atoms with Gasteiger partial charge in [0.05, 0.1) is 26.0 Å². The zero-order valence-corrected chi connectivity index (χ0v) is 18.0. The fourth-order valence-corrected chi connectivity index (χ4v) is 4.81. The molecule has 1 heterocycles. The highest BCUT2D eigenvalue weighted by atomic mass is 16.5. The van der Waals surface area contributed by atoms with Gasteiger partial charge in [-0.2, -0.15) is 0 Å². The van der Waals surface area contributed by atoms with Crippen LogP contribution in [0.1, 0.15) is 48.3 Å². The largest absolute Gasteiger partial charge is 0.493 e. The van der Waals surface area contributed by atoms with Crippen molar-refractivity contribution < 1.29 is 14.2 Å². The van der Waals surface area contributed by atoms with E-state index in [9.17, 15) is 0 Å². The fourth-order valence-electron chi connectivity index (χ4n) is 4.81. The van der Waals surface area contributed by atoms with Crippen molar-refractivity contribution in [2.75, 3.05) is 14.2 Å². The summed E-state index contributed by atoms with van der Waals surface area (Å²) in [5.74, 6) is 3.63. The zero-order valence-electron chi connectivity index (χ0n) is 18.0. The molecule has 4 nitrogen and oxygen atoms in total. The number of para-hydroxylation sites is 1. The van der Waals surface area contributed by atoms with Crippen LogP contribution in [0.2, 0.25) is 0 Å². The van der Waals surface area contributed by atoms with Gasteiger partial charge in [0, 0.05) is 17.0 Å². The maximum Gasteiger partial charge on any atom is 0.161 e. The molecule has 0 amide bonds. The van der Waals surface area contributed by atoms with Gasteiger partial charge in [-0.3, -0.25) is 4.99 Å². The van der Waals surface area contributed by atoms with Crippen LogP contribution < -0.4 is 14.2 Å². The highest BCUT2D eigenvalue weighted by Gasteiger charge is 2.34. The third-order valence-electron chi connectivity index (χ3n) is 6.34. The summed E-state index contributed by atoms with van der Waals surface area (Å²) in [7, 11) is 3.38. The molecule has 0 bridgehead atoms. The molecule has 4 heteroatoms. The second-order valence-corrected chi connectivity index (χ2v) is 8.17. The van der Waals surface area contributed by atoms with Crippen molar-refractivity contribution >= 4 is 5.71 Å². The molecule has 2 aliphatic rings. The Morgan fingerprint density at radius 2 is 1.45 bits per heavy atom. The highest BCUT2D eigenvalue weighted by Crippen LogP contribution is 2.44. The maximum absolute atomic E-state index is 5.97. The van der Waals surface area contributed by atoms with Gasteiger partial charge in [0.25, 0.3) is 0 Å². The summed E-state index contributed by atoms with van der Waals surface area (Å²) in [5.41, 5.74) is 4.61. The SMILES string of the molecule is COc1cc2c(cc1OC)C1CCCCC1N=C2c1ccc(Oc2ccccc2)cc1. The van der Waals surface area contributed by atoms with Gasteiger partial charge in [-0.15, -0.1) is 0 Å². The van der Waals surface area contributed by atoms with Crippen LogP contribution in [0.25, 0.3) is 0 Å². The Morgan fingerprint density at radius 3 is 2.19 bits per heavy atom. The molecule has 2 atom stereocenters. The van der Waals surface area contributed by atoms with Gasteiger partial charge >= 0.3 is 0 Å². The number of rotatable bonds is 5. The van der Waals surface area contributed by atoms with Gasteiger partial charge in [0.1, 0.15) is 11.5 Å². The first-order chi connectivity index (χ1) is 15.3. The summed E-state index contributed by atoms with van der Waals surface area (Å²) in [6.07, 6.45) is 4.81. The van der Waals surface area contributed by atoms with Gasteiger partial charge in [0.15, 0.2) is 11.5 Å². The van der Waals surface area contributed by atoms with Gasteiger partial charge in [-0.25, -0.2) is 0 Å². The molecule has 2 unspecified atom stereocenters. The first-order valence-electron chi connectivity index (χ1n) is 10.9. The van der Waals surface area contributed by atoms with Crippen molar-refractivity contribution in [1.29, 1.82) is 0 Å². The van der Waals surface area contributed by atoms with E-state index in [0.717, 1.165) is 46.3 Å². The molecule has 0 aromatic heterocycles. The Morgan fingerprint density at radius 1 is 0.774 bits per heavy atom. The fraction of sp³-hybridized carbons (Fsp3) is 0.296. The van der Waals surface area contributed by atoms with E-state index in [1.54, 1.807) is 14.2 Å². The quantitative estimate of drug-likeness (QED) is 0.488. The number of aliphatic imine (C=N–C) groups is 1. The number of methoxy groups -OCH3 is 2. The number of ether oxygens (including phenoxy) is 3. The lowest BCUT2D eigenvalue weighted by molar-refractivity contribution is 0.349. The highest BCUT2D eigenvalue weighted by molar-refractivity contribution is 6.15. The molecule has 0 spiro atoms. The summed E-state index contributed by atoms with van der Waals surface area (Å²) in [6, 6.07) is 22.6. The van der Waals surface area contributed by atoms with E-state index in [2.05, 4.69) is 24.3 Å². The molecule has 31 heavy (non-hydrogen) atoms. The van der Waals surface area contributed by atoms with E-state index in [0.29, 0.717) is 12.0 Å². The minimum atomic E-state index is 0.328. The third-order valence-corrected chi connectivity index (χ3v) is 6.34. The Balaban J connectivity index is 1.53. The Hall–Kier alpha value is -3.27. The predicted octanol–water partition coefficient (Wildman–Crippen LogP) is 6.37. The van der Waals surface area contributed by atoms with E-state index in [4.69, 9.17) is 19.2 Å². The normalized spacial score (nSPS) is 19.6. The summed E-state index contributed by atoms with van der Waals surface area (Å²) in [4.78, 5) is 5.24. The summed E-state index contributed by atoms with van der Waals surface area (Å²) in [6.45, 7) is 0. The van der Waals surface area contributed by atoms with E-state index < -0.39 is 0 Å². The number of nitrogens with zero attached hydrogens (tertiary/aromatic N) is 1. The lowest BCUT2D eigenvalue weighted by Gasteiger charge is -2.35. The van der Waals surface area contributed by atoms with E-state index in [1.165, 1.54) is 24.8 Å². The van der Waals surface area contributed by atoms with Crippen LogP contribution in [-0.2, 0) is 0 Å². The van der Waals surface area contributed by atoms with Crippen molar-refractivity contribution in [1.82, 2.24) is 0 Å². The van der Waals surface area contributed by atoms with Crippen LogP contribution in [-0.4, -0.2) is 26.0 Å². The molecule has 1 aliphatic carbocycles. The minimum absolute atomic E-state index is 0.328. The average Bonchev–Trinajstić information content (AvgIpc) is 2.84. The van der Waals surface area contributed by atoms with Crippen molar-refractivity contribution in [3.05, 3.63) is 83.4 Å². The van der Waals surface area contributed by atoms with Crippen LogP contribution in [0, 0.1) is 0 Å². The molecule has 3 aromatic rings.